The summed E-state index contributed by atoms with van der Waals surface area (Å²) >= 11 is 9.26. The molecule has 0 spiro atoms. The van der Waals surface area contributed by atoms with Crippen molar-refractivity contribution in [3.8, 4) is 0 Å². The van der Waals surface area contributed by atoms with Crippen LogP contribution in [0.5, 0.6) is 0 Å². The predicted molar refractivity (Wildman–Crippen MR) is 85.8 cm³/mol. The zero-order valence-electron chi connectivity index (χ0n) is 11.2. The van der Waals surface area contributed by atoms with E-state index in [0.29, 0.717) is 12.0 Å². The molecule has 0 heterocycles. The molecule has 0 bridgehead atoms. The van der Waals surface area contributed by atoms with E-state index in [4.69, 9.17) is 11.6 Å². The van der Waals surface area contributed by atoms with E-state index in [-0.39, 0.29) is 11.9 Å². The Morgan fingerprint density at radius 1 is 1.15 bits per heavy atom. The average molecular weight is 357 g/mol. The minimum Gasteiger partial charge on any atom is -0.316 e. The predicted octanol–water partition coefficient (Wildman–Crippen LogP) is 4.61. The van der Waals surface area contributed by atoms with Gasteiger partial charge in [0, 0.05) is 15.5 Å². The third-order valence-corrected chi connectivity index (χ3v) is 4.02. The summed E-state index contributed by atoms with van der Waals surface area (Å²) in [5, 5.41) is 3.97. The number of halogens is 3. The van der Waals surface area contributed by atoms with Crippen molar-refractivity contribution >= 4 is 27.5 Å². The van der Waals surface area contributed by atoms with Crippen molar-refractivity contribution < 1.29 is 4.39 Å². The summed E-state index contributed by atoms with van der Waals surface area (Å²) in [7, 11) is 1.90. The molecule has 2 aromatic carbocycles. The van der Waals surface area contributed by atoms with Crippen LogP contribution in [0.3, 0.4) is 0 Å². The van der Waals surface area contributed by atoms with Gasteiger partial charge in [0.05, 0.1) is 0 Å². The maximum atomic E-state index is 13.8. The first kappa shape index (κ1) is 15.5. The molecule has 106 valence electrons. The molecule has 1 atom stereocenters. The number of rotatable bonds is 5. The molecule has 0 aliphatic rings. The fourth-order valence-corrected chi connectivity index (χ4v) is 2.68. The smallest absolute Gasteiger partial charge is 0.126 e. The van der Waals surface area contributed by atoms with Gasteiger partial charge in [0.1, 0.15) is 5.82 Å². The summed E-state index contributed by atoms with van der Waals surface area (Å²) in [5.41, 5.74) is 1.90. The first-order valence-electron chi connectivity index (χ1n) is 6.44. The van der Waals surface area contributed by atoms with Gasteiger partial charge in [-0.15, -0.1) is 0 Å². The van der Waals surface area contributed by atoms with Crippen molar-refractivity contribution in [1.82, 2.24) is 5.32 Å². The van der Waals surface area contributed by atoms with E-state index in [1.54, 1.807) is 6.07 Å². The summed E-state index contributed by atoms with van der Waals surface area (Å²) < 4.78 is 14.7. The first-order chi connectivity index (χ1) is 9.58. The fourth-order valence-electron chi connectivity index (χ4n) is 2.15. The second-order valence-electron chi connectivity index (χ2n) is 4.76. The summed E-state index contributed by atoms with van der Waals surface area (Å²) in [6.07, 6.45) is 1.48. The molecule has 0 saturated heterocycles. The Balaban J connectivity index is 2.08. The number of benzene rings is 2. The Labute approximate surface area is 132 Å². The number of nitrogens with one attached hydrogen (secondary N) is 1. The molecule has 0 aliphatic carbocycles. The monoisotopic (exact) mass is 355 g/mol. The maximum absolute atomic E-state index is 13.8. The highest BCUT2D eigenvalue weighted by Gasteiger charge is 2.12. The summed E-state index contributed by atoms with van der Waals surface area (Å²) in [4.78, 5) is 0. The van der Waals surface area contributed by atoms with Gasteiger partial charge >= 0.3 is 0 Å². The first-order valence-corrected chi connectivity index (χ1v) is 7.61. The van der Waals surface area contributed by atoms with Crippen molar-refractivity contribution in [1.29, 1.82) is 0 Å². The quantitative estimate of drug-likeness (QED) is 0.824. The molecule has 20 heavy (non-hydrogen) atoms. The van der Waals surface area contributed by atoms with Gasteiger partial charge in [0.15, 0.2) is 0 Å². The van der Waals surface area contributed by atoms with Gasteiger partial charge in [-0.25, -0.2) is 4.39 Å². The molecule has 0 amide bonds. The molecular weight excluding hydrogens is 341 g/mol. The Bertz CT molecular complexity index is 571. The molecule has 0 aromatic heterocycles. The summed E-state index contributed by atoms with van der Waals surface area (Å²) in [5.74, 6) is -0.162. The Morgan fingerprint density at radius 3 is 2.50 bits per heavy atom. The molecule has 1 N–H and O–H groups in total. The lowest BCUT2D eigenvalue weighted by atomic mass is 9.99. The summed E-state index contributed by atoms with van der Waals surface area (Å²) in [6.45, 7) is 0. The molecule has 4 heteroatoms. The molecule has 1 unspecified atom stereocenters. The topological polar surface area (TPSA) is 12.0 Å². The molecule has 2 rings (SSSR count). The van der Waals surface area contributed by atoms with Gasteiger partial charge in [-0.1, -0.05) is 39.7 Å². The second-order valence-corrected chi connectivity index (χ2v) is 6.11. The average Bonchev–Trinajstić information content (AvgIpc) is 2.44. The zero-order chi connectivity index (χ0) is 14.5. The van der Waals surface area contributed by atoms with Gasteiger partial charge in [-0.2, -0.15) is 0 Å². The molecule has 0 aliphatic heterocycles. The van der Waals surface area contributed by atoms with Crippen LogP contribution >= 0.6 is 27.5 Å². The van der Waals surface area contributed by atoms with Gasteiger partial charge in [0.25, 0.3) is 0 Å². The minimum absolute atomic E-state index is 0.162. The van der Waals surface area contributed by atoms with Crippen LogP contribution in [0.15, 0.2) is 46.9 Å². The van der Waals surface area contributed by atoms with E-state index in [1.165, 1.54) is 11.6 Å². The fraction of sp³-hybridized carbons (Fsp3) is 0.250. The van der Waals surface area contributed by atoms with Crippen molar-refractivity contribution in [2.45, 2.75) is 18.9 Å². The molecule has 1 nitrogen and oxygen atoms in total. The van der Waals surface area contributed by atoms with Crippen molar-refractivity contribution in [2.75, 3.05) is 7.05 Å². The summed E-state index contributed by atoms with van der Waals surface area (Å²) in [6, 6.07) is 13.0. The molecule has 0 fully saturated rings. The van der Waals surface area contributed by atoms with Crippen LogP contribution in [-0.4, -0.2) is 13.1 Å². The maximum Gasteiger partial charge on any atom is 0.126 e. The van der Waals surface area contributed by atoms with E-state index in [0.717, 1.165) is 15.9 Å². The van der Waals surface area contributed by atoms with E-state index in [1.807, 2.05) is 37.4 Å². The lowest BCUT2D eigenvalue weighted by Crippen LogP contribution is -2.30. The van der Waals surface area contributed by atoms with E-state index in [2.05, 4.69) is 21.2 Å². The van der Waals surface area contributed by atoms with E-state index >= 15 is 0 Å². The van der Waals surface area contributed by atoms with Crippen LogP contribution in [0.2, 0.25) is 5.02 Å². The van der Waals surface area contributed by atoms with Gasteiger partial charge in [-0.3, -0.25) is 0 Å². The van der Waals surface area contributed by atoms with Crippen LogP contribution in [0.4, 0.5) is 4.39 Å². The lowest BCUT2D eigenvalue weighted by Gasteiger charge is -2.17. The van der Waals surface area contributed by atoms with Crippen LogP contribution in [0.25, 0.3) is 0 Å². The standard InChI is InChI=1S/C16H16BrClFN/c1-20-15(8-11-2-5-14(18)6-3-11)10-12-9-13(17)4-7-16(12)19/h2-7,9,15,20H,8,10H2,1H3. The van der Waals surface area contributed by atoms with Crippen LogP contribution in [0.1, 0.15) is 11.1 Å². The SMILES string of the molecule is CNC(Cc1ccc(Cl)cc1)Cc1cc(Br)ccc1F. The second kappa shape index (κ2) is 7.21. The molecular formula is C16H16BrClFN. The molecule has 0 saturated carbocycles. The Morgan fingerprint density at radius 2 is 1.85 bits per heavy atom. The highest BCUT2D eigenvalue weighted by atomic mass is 79.9. The van der Waals surface area contributed by atoms with E-state index in [9.17, 15) is 4.39 Å². The minimum atomic E-state index is -0.162. The van der Waals surface area contributed by atoms with Gasteiger partial charge < -0.3 is 5.32 Å². The highest BCUT2D eigenvalue weighted by Crippen LogP contribution is 2.18. The normalized spacial score (nSPS) is 12.4. The van der Waals surface area contributed by atoms with Gasteiger partial charge in [-0.05, 0) is 61.3 Å². The number of hydrogen-bond acceptors (Lipinski definition) is 1. The lowest BCUT2D eigenvalue weighted by molar-refractivity contribution is 0.532. The zero-order valence-corrected chi connectivity index (χ0v) is 13.5. The third kappa shape index (κ3) is 4.30. The number of likely N-dealkylation sites (N-methyl/N-ethyl adjacent to an activating group) is 1. The Hall–Kier alpha value is -0.900. The molecule has 2 aromatic rings. The van der Waals surface area contributed by atoms with Crippen molar-refractivity contribution in [3.05, 3.63) is 68.9 Å². The van der Waals surface area contributed by atoms with Crippen molar-refractivity contribution in [3.63, 3.8) is 0 Å². The largest absolute Gasteiger partial charge is 0.316 e. The highest BCUT2D eigenvalue weighted by molar-refractivity contribution is 9.10. The van der Waals surface area contributed by atoms with Crippen LogP contribution in [0, 0.1) is 5.82 Å². The van der Waals surface area contributed by atoms with Crippen LogP contribution < -0.4 is 5.32 Å². The third-order valence-electron chi connectivity index (χ3n) is 3.28. The molecule has 0 radical (unpaired) electrons. The van der Waals surface area contributed by atoms with E-state index < -0.39 is 0 Å². The number of hydrogen-bond donors (Lipinski definition) is 1. The Kier molecular flexibility index (Phi) is 5.58. The van der Waals surface area contributed by atoms with Gasteiger partial charge in [0.2, 0.25) is 0 Å². The van der Waals surface area contributed by atoms with Crippen LogP contribution in [-0.2, 0) is 12.8 Å². The van der Waals surface area contributed by atoms with Crippen molar-refractivity contribution in [2.24, 2.45) is 0 Å².